The molecule has 0 spiro atoms. The Labute approximate surface area is 138 Å². The van der Waals surface area contributed by atoms with Crippen molar-refractivity contribution in [1.82, 2.24) is 15.5 Å². The van der Waals surface area contributed by atoms with Gasteiger partial charge in [0.1, 0.15) is 0 Å². The van der Waals surface area contributed by atoms with Crippen molar-refractivity contribution < 1.29 is 13.9 Å². The number of nitrogens with zero attached hydrogens (tertiary/aromatic N) is 2. The van der Waals surface area contributed by atoms with Crippen molar-refractivity contribution in [1.29, 1.82) is 0 Å². The number of aryl methyl sites for hydroxylation is 2. The fourth-order valence-corrected chi connectivity index (χ4v) is 3.15. The second-order valence-electron chi connectivity index (χ2n) is 6.56. The highest BCUT2D eigenvalue weighted by atomic mass is 16.5. The van der Waals surface area contributed by atoms with Crippen LogP contribution in [0.3, 0.4) is 0 Å². The maximum absolute atomic E-state index is 11.8. The summed E-state index contributed by atoms with van der Waals surface area (Å²) < 4.78 is 10.6. The van der Waals surface area contributed by atoms with Crippen LogP contribution in [0.5, 0.6) is 0 Å². The minimum Gasteiger partial charge on any atom is -0.425 e. The first kappa shape index (κ1) is 17.9. The van der Waals surface area contributed by atoms with Gasteiger partial charge in [-0.25, -0.2) is 0 Å². The lowest BCUT2D eigenvalue weighted by molar-refractivity contribution is -0.122. The number of aromatic nitrogens is 2. The van der Waals surface area contributed by atoms with E-state index in [9.17, 15) is 4.79 Å². The molecule has 2 rings (SSSR count). The van der Waals surface area contributed by atoms with Crippen LogP contribution in [-0.2, 0) is 22.4 Å². The Morgan fingerprint density at radius 3 is 2.65 bits per heavy atom. The summed E-state index contributed by atoms with van der Waals surface area (Å²) >= 11 is 0. The molecule has 1 aromatic heterocycles. The summed E-state index contributed by atoms with van der Waals surface area (Å²) in [5.74, 6) is 2.06. The van der Waals surface area contributed by atoms with E-state index in [1.807, 2.05) is 6.92 Å². The number of hydrogen-bond acceptors (Lipinski definition) is 5. The van der Waals surface area contributed by atoms with Crippen LogP contribution in [0.15, 0.2) is 4.42 Å². The molecule has 130 valence electrons. The Kier molecular flexibility index (Phi) is 7.52. The summed E-state index contributed by atoms with van der Waals surface area (Å²) in [7, 11) is 1.62. The van der Waals surface area contributed by atoms with E-state index in [2.05, 4.69) is 15.5 Å². The van der Waals surface area contributed by atoms with Gasteiger partial charge in [-0.2, -0.15) is 0 Å². The first-order chi connectivity index (χ1) is 11.2. The molecule has 1 N–H and O–H groups in total. The summed E-state index contributed by atoms with van der Waals surface area (Å²) in [6, 6.07) is 0.0150. The van der Waals surface area contributed by atoms with Gasteiger partial charge in [-0.3, -0.25) is 4.79 Å². The van der Waals surface area contributed by atoms with E-state index < -0.39 is 0 Å². The molecule has 1 fully saturated rings. The number of carbonyl (C=O) groups is 1. The Hall–Kier alpha value is -1.43. The minimum atomic E-state index is -0.0171. The summed E-state index contributed by atoms with van der Waals surface area (Å²) in [5.41, 5.74) is 0. The van der Waals surface area contributed by atoms with Crippen LogP contribution in [0, 0.1) is 5.92 Å². The molecule has 0 aliphatic heterocycles. The maximum atomic E-state index is 11.8. The lowest BCUT2D eigenvalue weighted by atomic mass is 9.86. The molecule has 1 saturated carbocycles. The van der Waals surface area contributed by atoms with E-state index >= 15 is 0 Å². The van der Waals surface area contributed by atoms with Gasteiger partial charge in [0, 0.05) is 32.4 Å². The van der Waals surface area contributed by atoms with Crippen molar-refractivity contribution in [2.45, 2.75) is 70.8 Å². The average molecular weight is 323 g/mol. The van der Waals surface area contributed by atoms with E-state index in [0.717, 1.165) is 18.8 Å². The maximum Gasteiger partial charge on any atom is 0.220 e. The van der Waals surface area contributed by atoms with Crippen LogP contribution >= 0.6 is 0 Å². The van der Waals surface area contributed by atoms with Crippen molar-refractivity contribution in [2.75, 3.05) is 13.7 Å². The minimum absolute atomic E-state index is 0.0150. The van der Waals surface area contributed by atoms with Gasteiger partial charge in [-0.1, -0.05) is 32.1 Å². The molecule has 1 aromatic rings. The Balaban J connectivity index is 1.66. The number of amides is 1. The lowest BCUT2D eigenvalue weighted by Gasteiger charge is -2.20. The summed E-state index contributed by atoms with van der Waals surface area (Å²) in [5, 5.41) is 11.0. The average Bonchev–Trinajstić information content (AvgIpc) is 3.00. The first-order valence-electron chi connectivity index (χ1n) is 8.77. The molecular formula is C17H29N3O3. The number of ether oxygens (including phenoxy) is 1. The zero-order valence-corrected chi connectivity index (χ0v) is 14.3. The SMILES string of the molecule is COCC(C)NC(=O)CCc1nnc(CCC2CCCCC2)o1. The normalized spacial score (nSPS) is 17.1. The van der Waals surface area contributed by atoms with Crippen LogP contribution in [0.25, 0.3) is 0 Å². The zero-order chi connectivity index (χ0) is 16.5. The third-order valence-electron chi connectivity index (χ3n) is 4.39. The second-order valence-corrected chi connectivity index (χ2v) is 6.56. The topological polar surface area (TPSA) is 77.2 Å². The standard InChI is InChI=1S/C17H29N3O3/c1-13(12-22-2)18-15(21)9-11-17-20-19-16(23-17)10-8-14-6-4-3-5-7-14/h13-14H,3-12H2,1-2H3,(H,18,21). The predicted molar refractivity (Wildman–Crippen MR) is 87.0 cm³/mol. The van der Waals surface area contributed by atoms with E-state index in [1.165, 1.54) is 32.1 Å². The van der Waals surface area contributed by atoms with Crippen LogP contribution in [0.2, 0.25) is 0 Å². The van der Waals surface area contributed by atoms with Crippen molar-refractivity contribution in [3.63, 3.8) is 0 Å². The van der Waals surface area contributed by atoms with Crippen molar-refractivity contribution in [3.8, 4) is 0 Å². The van der Waals surface area contributed by atoms with Gasteiger partial charge in [0.05, 0.1) is 6.61 Å². The van der Waals surface area contributed by atoms with Gasteiger partial charge in [0.25, 0.3) is 0 Å². The first-order valence-corrected chi connectivity index (χ1v) is 8.77. The third kappa shape index (κ3) is 6.69. The highest BCUT2D eigenvalue weighted by Gasteiger charge is 2.15. The van der Waals surface area contributed by atoms with Gasteiger partial charge in [0.15, 0.2) is 0 Å². The van der Waals surface area contributed by atoms with E-state index in [1.54, 1.807) is 7.11 Å². The molecular weight excluding hydrogens is 294 g/mol. The van der Waals surface area contributed by atoms with Crippen molar-refractivity contribution >= 4 is 5.91 Å². The zero-order valence-electron chi connectivity index (χ0n) is 14.3. The summed E-state index contributed by atoms with van der Waals surface area (Å²) in [6.45, 7) is 2.43. The second kappa shape index (κ2) is 9.65. The number of rotatable bonds is 9. The molecule has 0 saturated heterocycles. The Morgan fingerprint density at radius 1 is 1.26 bits per heavy atom. The van der Waals surface area contributed by atoms with Gasteiger partial charge in [-0.15, -0.1) is 10.2 Å². The fourth-order valence-electron chi connectivity index (χ4n) is 3.15. The van der Waals surface area contributed by atoms with E-state index in [4.69, 9.17) is 9.15 Å². The van der Waals surface area contributed by atoms with Gasteiger partial charge in [-0.05, 0) is 19.3 Å². The molecule has 1 aliphatic carbocycles. The lowest BCUT2D eigenvalue weighted by Crippen LogP contribution is -2.35. The molecule has 1 unspecified atom stereocenters. The van der Waals surface area contributed by atoms with E-state index in [0.29, 0.717) is 31.2 Å². The highest BCUT2D eigenvalue weighted by Crippen LogP contribution is 2.27. The monoisotopic (exact) mass is 323 g/mol. The molecule has 6 heteroatoms. The molecule has 1 amide bonds. The number of nitrogens with one attached hydrogen (secondary N) is 1. The molecule has 0 radical (unpaired) electrons. The largest absolute Gasteiger partial charge is 0.425 e. The molecule has 1 aliphatic rings. The quantitative estimate of drug-likeness (QED) is 0.756. The van der Waals surface area contributed by atoms with Crippen LogP contribution in [0.4, 0.5) is 0 Å². The van der Waals surface area contributed by atoms with Gasteiger partial charge >= 0.3 is 0 Å². The number of hydrogen-bond donors (Lipinski definition) is 1. The molecule has 23 heavy (non-hydrogen) atoms. The predicted octanol–water partition coefficient (Wildman–Crippen LogP) is 2.67. The molecule has 1 heterocycles. The van der Waals surface area contributed by atoms with Crippen LogP contribution in [0.1, 0.15) is 63.7 Å². The molecule has 0 aromatic carbocycles. The van der Waals surface area contributed by atoms with Gasteiger partial charge < -0.3 is 14.5 Å². The van der Waals surface area contributed by atoms with Gasteiger partial charge in [0.2, 0.25) is 17.7 Å². The molecule has 0 bridgehead atoms. The summed E-state index contributed by atoms with van der Waals surface area (Å²) in [4.78, 5) is 11.8. The number of methoxy groups -OCH3 is 1. The van der Waals surface area contributed by atoms with Crippen molar-refractivity contribution in [2.24, 2.45) is 5.92 Å². The van der Waals surface area contributed by atoms with E-state index in [-0.39, 0.29) is 11.9 Å². The number of carbonyl (C=O) groups excluding carboxylic acids is 1. The molecule has 1 atom stereocenters. The smallest absolute Gasteiger partial charge is 0.220 e. The van der Waals surface area contributed by atoms with Crippen molar-refractivity contribution in [3.05, 3.63) is 11.8 Å². The Bertz CT molecular complexity index is 469. The third-order valence-corrected chi connectivity index (χ3v) is 4.39. The van der Waals surface area contributed by atoms with Crippen LogP contribution < -0.4 is 5.32 Å². The Morgan fingerprint density at radius 2 is 1.96 bits per heavy atom. The fraction of sp³-hybridized carbons (Fsp3) is 0.824. The summed E-state index contributed by atoms with van der Waals surface area (Å²) in [6.07, 6.45) is 9.60. The molecule has 6 nitrogen and oxygen atoms in total. The van der Waals surface area contributed by atoms with Crippen LogP contribution in [-0.4, -0.2) is 35.9 Å². The highest BCUT2D eigenvalue weighted by molar-refractivity contribution is 5.76.